The molecule has 5 rings (SSSR count). The molecule has 216 valence electrons. The number of benzene rings is 2. The van der Waals surface area contributed by atoms with Crippen molar-refractivity contribution >= 4 is 45.4 Å². The number of nitrogens with one attached hydrogen (secondary N) is 1. The number of nitrogens with zero attached hydrogens (tertiary/aromatic N) is 3. The Morgan fingerprint density at radius 3 is 2.44 bits per heavy atom. The quantitative estimate of drug-likeness (QED) is 0.313. The van der Waals surface area contributed by atoms with Crippen LogP contribution in [0.2, 0.25) is 0 Å². The van der Waals surface area contributed by atoms with Crippen molar-refractivity contribution in [2.24, 2.45) is 5.73 Å². The molecule has 3 atom stereocenters. The van der Waals surface area contributed by atoms with Crippen LogP contribution in [-0.2, 0) is 19.6 Å². The fraction of sp³-hybridized carbons (Fsp3) is 0.321. The van der Waals surface area contributed by atoms with Crippen LogP contribution in [0.25, 0.3) is 11.1 Å². The summed E-state index contributed by atoms with van der Waals surface area (Å²) in [5, 5.41) is 11.8. The van der Waals surface area contributed by atoms with Crippen LogP contribution >= 0.6 is 23.5 Å². The first-order valence-electron chi connectivity index (χ1n) is 13.1. The van der Waals surface area contributed by atoms with Crippen LogP contribution in [0.3, 0.4) is 0 Å². The monoisotopic (exact) mass is 613 g/mol. The van der Waals surface area contributed by atoms with E-state index in [-0.39, 0.29) is 31.0 Å². The molecule has 0 bridgehead atoms. The Hall–Kier alpha value is -2.94. The summed E-state index contributed by atoms with van der Waals surface area (Å²) in [5.74, 6) is -0.402. The molecule has 4 N–H and O–H groups in total. The Labute approximate surface area is 247 Å². The lowest BCUT2D eigenvalue weighted by atomic mass is 10.1. The van der Waals surface area contributed by atoms with Crippen molar-refractivity contribution in [3.8, 4) is 11.1 Å². The zero-order valence-electron chi connectivity index (χ0n) is 22.1. The van der Waals surface area contributed by atoms with Crippen LogP contribution < -0.4 is 11.1 Å². The number of aliphatic hydroxyl groups excluding tert-OH is 1. The van der Waals surface area contributed by atoms with Crippen molar-refractivity contribution in [3.63, 3.8) is 0 Å². The molecule has 3 heterocycles. The molecule has 2 aromatic carbocycles. The number of primary amides is 1. The Bertz CT molecular complexity index is 1480. The normalized spacial score (nSPS) is 22.4. The number of thioether (sulfide) groups is 2. The van der Waals surface area contributed by atoms with E-state index in [9.17, 15) is 23.1 Å². The van der Waals surface area contributed by atoms with Gasteiger partial charge in [-0.05, 0) is 41.3 Å². The smallest absolute Gasteiger partial charge is 0.268 e. The number of aliphatic hydroxyl groups is 1. The maximum atomic E-state index is 14.4. The molecule has 2 saturated heterocycles. The summed E-state index contributed by atoms with van der Waals surface area (Å²) in [6.45, 7) is 0.138. The number of sulfonamides is 1. The molecule has 0 saturated carbocycles. The van der Waals surface area contributed by atoms with Crippen molar-refractivity contribution in [2.75, 3.05) is 31.2 Å². The number of aromatic nitrogens is 1. The molecule has 0 radical (unpaired) electrons. The van der Waals surface area contributed by atoms with Crippen LogP contribution in [0, 0.1) is 0 Å². The first-order valence-corrected chi connectivity index (χ1v) is 16.6. The van der Waals surface area contributed by atoms with Gasteiger partial charge in [0.25, 0.3) is 5.91 Å². The predicted octanol–water partition coefficient (Wildman–Crippen LogP) is 2.24. The minimum atomic E-state index is -4.20. The first-order chi connectivity index (χ1) is 19.8. The van der Waals surface area contributed by atoms with Gasteiger partial charge in [0.1, 0.15) is 5.37 Å². The Morgan fingerprint density at radius 1 is 1.05 bits per heavy atom. The number of pyridine rings is 1. The molecule has 0 aliphatic carbocycles. The third kappa shape index (κ3) is 5.74. The number of hydrogen-bond donors (Lipinski definition) is 3. The summed E-state index contributed by atoms with van der Waals surface area (Å²) >= 11 is 2.44. The summed E-state index contributed by atoms with van der Waals surface area (Å²) in [6.07, 6.45) is 3.39. The minimum absolute atomic E-state index is 0.0403. The lowest BCUT2D eigenvalue weighted by Gasteiger charge is -2.44. The highest BCUT2D eigenvalue weighted by atomic mass is 32.2. The van der Waals surface area contributed by atoms with Gasteiger partial charge in [-0.1, -0.05) is 48.5 Å². The van der Waals surface area contributed by atoms with Gasteiger partial charge in [0.2, 0.25) is 20.9 Å². The van der Waals surface area contributed by atoms with E-state index in [2.05, 4.69) is 10.3 Å². The van der Waals surface area contributed by atoms with Crippen molar-refractivity contribution in [2.45, 2.75) is 27.7 Å². The van der Waals surface area contributed by atoms with Gasteiger partial charge in [-0.3, -0.25) is 14.6 Å². The molecule has 3 unspecified atom stereocenters. The molecule has 10 nitrogen and oxygen atoms in total. The topological polar surface area (TPSA) is 146 Å². The standard InChI is InChI=1S/C28H31N5O5S3/c29-25(35)26-32(14-17-39-26)28(27(36)31-24(12-16-34)22-7-4-13-30-19-22)33(15-18-40-28)41(37,38)23-10-8-21(9-11-23)20-5-2-1-3-6-20/h1-11,13,19,24,26,34H,12,14-18H2,(H2,29,35)(H,31,36). The Morgan fingerprint density at radius 2 is 1.78 bits per heavy atom. The second kappa shape index (κ2) is 12.5. The van der Waals surface area contributed by atoms with Crippen LogP contribution in [-0.4, -0.2) is 81.1 Å². The second-order valence-corrected chi connectivity index (χ2v) is 13.9. The van der Waals surface area contributed by atoms with Crippen LogP contribution in [0.5, 0.6) is 0 Å². The van der Waals surface area contributed by atoms with Gasteiger partial charge in [0.15, 0.2) is 0 Å². The molecular weight excluding hydrogens is 583 g/mol. The molecule has 2 aliphatic heterocycles. The molecule has 2 aliphatic rings. The van der Waals surface area contributed by atoms with Gasteiger partial charge in [-0.25, -0.2) is 13.3 Å². The van der Waals surface area contributed by atoms with Gasteiger partial charge >= 0.3 is 0 Å². The molecule has 0 spiro atoms. The molecule has 1 aromatic heterocycles. The van der Waals surface area contributed by atoms with Gasteiger partial charge in [-0.2, -0.15) is 4.31 Å². The maximum absolute atomic E-state index is 14.4. The molecule has 41 heavy (non-hydrogen) atoms. The van der Waals surface area contributed by atoms with E-state index in [0.29, 0.717) is 17.1 Å². The van der Waals surface area contributed by atoms with Crippen molar-refractivity contribution in [1.82, 2.24) is 19.5 Å². The third-order valence-corrected chi connectivity index (χ3v) is 11.8. The van der Waals surface area contributed by atoms with E-state index >= 15 is 0 Å². The number of hydrogen-bond acceptors (Lipinski definition) is 9. The first kappa shape index (κ1) is 29.5. The summed E-state index contributed by atoms with van der Waals surface area (Å²) in [7, 11) is -4.20. The average Bonchev–Trinajstić information content (AvgIpc) is 3.67. The molecule has 3 aromatic rings. The zero-order chi connectivity index (χ0) is 29.0. The van der Waals surface area contributed by atoms with E-state index < -0.39 is 38.2 Å². The number of amides is 2. The van der Waals surface area contributed by atoms with Crippen molar-refractivity contribution < 1.29 is 23.1 Å². The zero-order valence-corrected chi connectivity index (χ0v) is 24.6. The third-order valence-electron chi connectivity index (χ3n) is 7.11. The van der Waals surface area contributed by atoms with Gasteiger partial charge < -0.3 is 16.2 Å². The SMILES string of the molecule is NC(=O)C1SCCN1C1(C(=O)NC(CCO)c2cccnc2)SCCN1S(=O)(=O)c1ccc(-c2ccccc2)cc1. The largest absolute Gasteiger partial charge is 0.396 e. The second-order valence-electron chi connectivity index (χ2n) is 9.57. The highest BCUT2D eigenvalue weighted by Crippen LogP contribution is 2.47. The van der Waals surface area contributed by atoms with Crippen LogP contribution in [0.4, 0.5) is 0 Å². The van der Waals surface area contributed by atoms with Gasteiger partial charge in [-0.15, -0.1) is 23.5 Å². The van der Waals surface area contributed by atoms with E-state index in [1.54, 1.807) is 41.6 Å². The number of carbonyl (C=O) groups excluding carboxylic acids is 2. The number of carbonyl (C=O) groups is 2. The summed E-state index contributed by atoms with van der Waals surface area (Å²) in [5.41, 5.74) is 8.22. The lowest BCUT2D eigenvalue weighted by molar-refractivity contribution is -0.136. The molecule has 2 amide bonds. The lowest BCUT2D eigenvalue weighted by Crippen LogP contribution is -2.67. The minimum Gasteiger partial charge on any atom is -0.396 e. The van der Waals surface area contributed by atoms with Crippen LogP contribution in [0.1, 0.15) is 18.0 Å². The van der Waals surface area contributed by atoms with E-state index in [4.69, 9.17) is 5.73 Å². The Balaban J connectivity index is 1.55. The summed E-state index contributed by atoms with van der Waals surface area (Å²) in [4.78, 5) is 30.9. The fourth-order valence-electron chi connectivity index (χ4n) is 5.19. The van der Waals surface area contributed by atoms with Crippen LogP contribution in [0.15, 0.2) is 84.0 Å². The van der Waals surface area contributed by atoms with E-state index in [1.807, 2.05) is 30.3 Å². The average molecular weight is 614 g/mol. The van der Waals surface area contributed by atoms with Gasteiger partial charge in [0, 0.05) is 43.6 Å². The predicted molar refractivity (Wildman–Crippen MR) is 160 cm³/mol. The van der Waals surface area contributed by atoms with Crippen molar-refractivity contribution in [3.05, 3.63) is 84.7 Å². The highest BCUT2D eigenvalue weighted by molar-refractivity contribution is 8.03. The molecular formula is C28H31N5O5S3. The van der Waals surface area contributed by atoms with Gasteiger partial charge in [0.05, 0.1) is 10.9 Å². The van der Waals surface area contributed by atoms with Crippen molar-refractivity contribution in [1.29, 1.82) is 0 Å². The number of nitrogens with two attached hydrogens (primary N) is 1. The number of rotatable bonds is 10. The maximum Gasteiger partial charge on any atom is 0.268 e. The van der Waals surface area contributed by atoms with E-state index in [1.165, 1.54) is 28.2 Å². The highest BCUT2D eigenvalue weighted by Gasteiger charge is 2.61. The fourth-order valence-corrected chi connectivity index (χ4v) is 9.88. The molecule has 2 fully saturated rings. The molecule has 13 heteroatoms. The summed E-state index contributed by atoms with van der Waals surface area (Å²) in [6, 6.07) is 19.0. The van der Waals surface area contributed by atoms with E-state index in [0.717, 1.165) is 22.9 Å². The summed E-state index contributed by atoms with van der Waals surface area (Å²) < 4.78 is 29.7. The Kier molecular flexibility index (Phi) is 9.02.